The van der Waals surface area contributed by atoms with E-state index in [-0.39, 0.29) is 65.0 Å². The number of rotatable bonds is 0. The topological polar surface area (TPSA) is 74.6 Å². The van der Waals surface area contributed by atoms with E-state index in [1.165, 1.54) is 0 Å². The van der Waals surface area contributed by atoms with Crippen LogP contribution in [0, 0.1) is 0 Å². The summed E-state index contributed by atoms with van der Waals surface area (Å²) >= 11 is -0.931. The third-order valence-corrected chi connectivity index (χ3v) is 0. The summed E-state index contributed by atoms with van der Waals surface area (Å²) < 4.78 is 31.6. The molecule has 0 spiro atoms. The molecule has 0 aromatic rings. The second-order valence-corrected chi connectivity index (χ2v) is 5.09. The molecule has 0 unspecified atom stereocenters. The Morgan fingerprint density at radius 2 is 1.18 bits per heavy atom. The third-order valence-electron chi connectivity index (χ3n) is 0. The summed E-state index contributed by atoms with van der Waals surface area (Å²) in [5.41, 5.74) is 0. The molecule has 0 aliphatic heterocycles. The molecule has 0 aliphatic rings. The molecule has 0 radical (unpaired) electrons. The van der Waals surface area contributed by atoms with E-state index in [0.717, 1.165) is 0 Å². The van der Waals surface area contributed by atoms with Crippen LogP contribution >= 0.6 is 25.2 Å². The van der Waals surface area contributed by atoms with Crippen LogP contribution < -0.4 is 0 Å². The summed E-state index contributed by atoms with van der Waals surface area (Å²) in [6.45, 7) is 0. The Bertz CT molecular complexity index is 119. The number of hydrogen-bond acceptors (Lipinski definition) is 2. The van der Waals surface area contributed by atoms with Crippen molar-refractivity contribution in [3.05, 3.63) is 0 Å². The summed E-state index contributed by atoms with van der Waals surface area (Å²) in [5.74, 6) is 0. The first-order valence-corrected chi connectivity index (χ1v) is 8.71. The Kier molecular flexibility index (Phi) is 51.6. The van der Waals surface area contributed by atoms with Crippen LogP contribution in [-0.2, 0) is 10.4 Å². The fraction of sp³-hybridized carbons (Fsp3) is 0. The second-order valence-electron chi connectivity index (χ2n) is 0.549. The molecule has 0 aromatic carbocycles. The zero-order chi connectivity index (χ0) is 7.21. The molecule has 62 valence electrons. The summed E-state index contributed by atoms with van der Waals surface area (Å²) in [6, 6.07) is 0. The van der Waals surface area contributed by atoms with Gasteiger partial charge in [-0.2, -0.15) is 8.42 Å². The molecular formula is H6CaCl3MgNaO4S. The van der Waals surface area contributed by atoms with Gasteiger partial charge < -0.3 is 0 Å². The average Bonchev–Trinajstić information content (AvgIpc) is 1.27. The van der Waals surface area contributed by atoms with E-state index in [1.54, 1.807) is 0 Å². The Morgan fingerprint density at radius 1 is 1.18 bits per heavy atom. The molecule has 11 heavy (non-hydrogen) atoms. The van der Waals surface area contributed by atoms with Crippen molar-refractivity contribution >= 4 is 119 Å². The van der Waals surface area contributed by atoms with Gasteiger partial charge in [0, 0.05) is 0 Å². The Hall–Kier alpha value is 3.77. The van der Waals surface area contributed by atoms with E-state index in [1.807, 2.05) is 0 Å². The van der Waals surface area contributed by atoms with Crippen molar-refractivity contribution in [2.45, 2.75) is 0 Å². The van der Waals surface area contributed by atoms with Gasteiger partial charge in [-0.05, 0) is 0 Å². The molecule has 4 nitrogen and oxygen atoms in total. The van der Waals surface area contributed by atoms with E-state index in [9.17, 15) is 0 Å². The van der Waals surface area contributed by atoms with Crippen molar-refractivity contribution < 1.29 is 17.5 Å². The minimum atomic E-state index is -4.67. The Labute approximate surface area is 133 Å². The summed E-state index contributed by atoms with van der Waals surface area (Å²) in [7, 11) is -4.67. The van der Waals surface area contributed by atoms with E-state index in [4.69, 9.17) is 30.3 Å². The third kappa shape index (κ3) is 134. The predicted octanol–water partition coefficient (Wildman–Crippen LogP) is -0.798. The number of hydrogen-bond donors (Lipinski definition) is 2. The molecule has 0 aromatic heterocycles. The van der Waals surface area contributed by atoms with Gasteiger partial charge in [-0.25, -0.2) is 0 Å². The molecule has 0 saturated carbocycles. The molecule has 0 amide bonds. The first-order chi connectivity index (χ1) is 3.41. The standard InChI is InChI=1S/Ca.3ClH.Mg.Na.H2O4S.3H/c;;;;;;1-5(2,3)4;;;/h;3*1H;;;(H2,1,2,3,4);;;/q+2;;;;;;;;;/p-2. The summed E-state index contributed by atoms with van der Waals surface area (Å²) in [4.78, 5) is 0. The molecule has 0 fully saturated rings. The summed E-state index contributed by atoms with van der Waals surface area (Å²) in [6.07, 6.45) is 9.90. The number of halogens is 3. The Morgan fingerprint density at radius 3 is 1.18 bits per heavy atom. The molecule has 0 bridgehead atoms. The molecule has 0 rings (SSSR count). The molecular weight excluding hydrogens is 290 g/mol. The van der Waals surface area contributed by atoms with Crippen molar-refractivity contribution in [2.24, 2.45) is 0 Å². The predicted molar refractivity (Wildman–Crippen MR) is 54.6 cm³/mol. The van der Waals surface area contributed by atoms with Crippen molar-refractivity contribution in [3.8, 4) is 0 Å². The van der Waals surface area contributed by atoms with Crippen molar-refractivity contribution in [3.63, 3.8) is 0 Å². The molecule has 0 atom stereocenters. The monoisotopic (exact) mass is 294 g/mol. The van der Waals surface area contributed by atoms with Crippen molar-refractivity contribution in [1.29, 1.82) is 0 Å². The van der Waals surface area contributed by atoms with Gasteiger partial charge in [0.1, 0.15) is 0 Å². The van der Waals surface area contributed by atoms with Gasteiger partial charge in [-0.15, -0.1) is 12.4 Å². The van der Waals surface area contributed by atoms with Crippen molar-refractivity contribution in [2.75, 3.05) is 0 Å². The van der Waals surface area contributed by atoms with Gasteiger partial charge in [0.15, 0.2) is 0 Å². The van der Waals surface area contributed by atoms with Gasteiger partial charge in [0.2, 0.25) is 0 Å². The maximum atomic E-state index is 8.74. The first kappa shape index (κ1) is 29.3. The van der Waals surface area contributed by atoms with Gasteiger partial charge in [0.05, 0.1) is 0 Å². The van der Waals surface area contributed by atoms with Crippen LogP contribution in [0.5, 0.6) is 0 Å². The van der Waals surface area contributed by atoms with Crippen LogP contribution in [0.3, 0.4) is 0 Å². The fourth-order valence-corrected chi connectivity index (χ4v) is 0. The fourth-order valence-electron chi connectivity index (χ4n) is 0. The van der Waals surface area contributed by atoms with Gasteiger partial charge in [0.25, 0.3) is 0 Å². The SMILES string of the molecule is Cl.O=S(=O)(O)O.[Cl][Ca][Cl].[MgH2].[NaH]. The van der Waals surface area contributed by atoms with E-state index in [0.29, 0.717) is 0 Å². The molecule has 0 heterocycles. The van der Waals surface area contributed by atoms with Gasteiger partial charge >= 0.3 is 107 Å². The minimum absolute atomic E-state index is 0. The normalized spacial score (nSPS) is 6.18. The quantitative estimate of drug-likeness (QED) is 0.453. The van der Waals surface area contributed by atoms with Crippen LogP contribution in [0.15, 0.2) is 0 Å². The van der Waals surface area contributed by atoms with Crippen molar-refractivity contribution in [1.82, 2.24) is 0 Å². The molecule has 2 N–H and O–H groups in total. The zero-order valence-electron chi connectivity index (χ0n) is 3.99. The van der Waals surface area contributed by atoms with E-state index in [2.05, 4.69) is 0 Å². The first-order valence-electron chi connectivity index (χ1n) is 1.23. The molecule has 0 saturated heterocycles. The van der Waals surface area contributed by atoms with Crippen LogP contribution in [-0.4, -0.2) is 101 Å². The van der Waals surface area contributed by atoms with Crippen LogP contribution in [0.1, 0.15) is 0 Å². The average molecular weight is 296 g/mol. The summed E-state index contributed by atoms with van der Waals surface area (Å²) in [5, 5.41) is 0. The molecule has 11 heteroatoms. The zero-order valence-corrected chi connectivity index (χ0v) is 9.34. The second kappa shape index (κ2) is 19.4. The van der Waals surface area contributed by atoms with E-state index < -0.39 is 41.2 Å². The van der Waals surface area contributed by atoms with Crippen LogP contribution in [0.25, 0.3) is 0 Å². The van der Waals surface area contributed by atoms with Gasteiger partial charge in [-0.3, -0.25) is 9.11 Å². The molecule has 0 aliphatic carbocycles. The van der Waals surface area contributed by atoms with Crippen LogP contribution in [0.2, 0.25) is 0 Å². The van der Waals surface area contributed by atoms with E-state index >= 15 is 0 Å². The maximum absolute atomic E-state index is 8.74. The van der Waals surface area contributed by atoms with Gasteiger partial charge in [-0.1, -0.05) is 0 Å². The van der Waals surface area contributed by atoms with Crippen LogP contribution in [0.4, 0.5) is 0 Å². The Balaban J connectivity index is -0.0000000183.